The highest BCUT2D eigenvalue weighted by molar-refractivity contribution is 7.91. The van der Waals surface area contributed by atoms with Crippen LogP contribution in [-0.4, -0.2) is 31.7 Å². The maximum atomic E-state index is 12.9. The van der Waals surface area contributed by atoms with E-state index in [2.05, 4.69) is 10.3 Å². The van der Waals surface area contributed by atoms with Gasteiger partial charge in [0.25, 0.3) is 0 Å². The molecule has 0 aliphatic rings. The first-order valence-electron chi connectivity index (χ1n) is 8.19. The van der Waals surface area contributed by atoms with Gasteiger partial charge in [-0.25, -0.2) is 17.8 Å². The van der Waals surface area contributed by atoms with Crippen LogP contribution in [0.3, 0.4) is 0 Å². The van der Waals surface area contributed by atoms with Crippen molar-refractivity contribution in [3.63, 3.8) is 0 Å². The van der Waals surface area contributed by atoms with Crippen LogP contribution in [0.5, 0.6) is 5.75 Å². The van der Waals surface area contributed by atoms with Crippen LogP contribution in [0.15, 0.2) is 47.4 Å². The smallest absolute Gasteiger partial charge is 0.227 e. The SMILES string of the molecule is CCOc1cccc2sc(NC(=O)CCS(=O)(=O)c3ccc(F)cc3)nc12. The van der Waals surface area contributed by atoms with Crippen LogP contribution >= 0.6 is 11.3 Å². The summed E-state index contributed by atoms with van der Waals surface area (Å²) in [5.41, 5.74) is 0.651. The molecule has 27 heavy (non-hydrogen) atoms. The van der Waals surface area contributed by atoms with Gasteiger partial charge in [0.15, 0.2) is 15.0 Å². The summed E-state index contributed by atoms with van der Waals surface area (Å²) in [6.45, 7) is 2.37. The van der Waals surface area contributed by atoms with Gasteiger partial charge in [-0.2, -0.15) is 0 Å². The lowest BCUT2D eigenvalue weighted by Crippen LogP contribution is -2.17. The van der Waals surface area contributed by atoms with Gasteiger partial charge in [0.05, 0.1) is 22.0 Å². The van der Waals surface area contributed by atoms with Crippen molar-refractivity contribution >= 4 is 42.4 Å². The number of fused-ring (bicyclic) bond motifs is 1. The fraction of sp³-hybridized carbons (Fsp3) is 0.222. The number of nitrogens with one attached hydrogen (secondary N) is 1. The Kier molecular flexibility index (Phi) is 5.71. The number of benzene rings is 2. The molecule has 1 N–H and O–H groups in total. The molecule has 0 atom stereocenters. The molecule has 0 aliphatic carbocycles. The number of carbonyl (C=O) groups excluding carboxylic acids is 1. The molecule has 142 valence electrons. The number of carbonyl (C=O) groups is 1. The lowest BCUT2D eigenvalue weighted by Gasteiger charge is -2.04. The topological polar surface area (TPSA) is 85.4 Å². The van der Waals surface area contributed by atoms with Crippen LogP contribution in [0.1, 0.15) is 13.3 Å². The van der Waals surface area contributed by atoms with Gasteiger partial charge in [-0.05, 0) is 43.3 Å². The van der Waals surface area contributed by atoms with Crippen LogP contribution in [0, 0.1) is 5.82 Å². The van der Waals surface area contributed by atoms with Crippen LogP contribution in [0.2, 0.25) is 0 Å². The number of ether oxygens (including phenoxy) is 1. The molecule has 2 aromatic carbocycles. The molecule has 1 aromatic heterocycles. The quantitative estimate of drug-likeness (QED) is 0.604. The van der Waals surface area contributed by atoms with Gasteiger partial charge in [0.1, 0.15) is 17.1 Å². The summed E-state index contributed by atoms with van der Waals surface area (Å²) in [5.74, 6) is -0.725. The first kappa shape index (κ1) is 19.2. The highest BCUT2D eigenvalue weighted by Crippen LogP contribution is 2.32. The third kappa shape index (κ3) is 4.61. The fourth-order valence-corrected chi connectivity index (χ4v) is 4.56. The van der Waals surface area contributed by atoms with Crippen molar-refractivity contribution in [2.45, 2.75) is 18.2 Å². The molecule has 6 nitrogen and oxygen atoms in total. The Morgan fingerprint density at radius 1 is 1.22 bits per heavy atom. The molecule has 9 heteroatoms. The number of halogens is 1. The number of para-hydroxylation sites is 1. The van der Waals surface area contributed by atoms with Gasteiger partial charge in [0.2, 0.25) is 5.91 Å². The van der Waals surface area contributed by atoms with Crippen LogP contribution in [-0.2, 0) is 14.6 Å². The third-order valence-corrected chi connectivity index (χ3v) is 6.37. The summed E-state index contributed by atoms with van der Waals surface area (Å²) < 4.78 is 43.7. The summed E-state index contributed by atoms with van der Waals surface area (Å²) >= 11 is 1.28. The molecule has 3 aromatic rings. The van der Waals surface area contributed by atoms with Gasteiger partial charge in [0, 0.05) is 6.42 Å². The highest BCUT2D eigenvalue weighted by atomic mass is 32.2. The van der Waals surface area contributed by atoms with Crippen molar-refractivity contribution in [2.75, 3.05) is 17.7 Å². The van der Waals surface area contributed by atoms with E-state index in [0.29, 0.717) is 23.0 Å². The minimum atomic E-state index is -3.67. The third-order valence-electron chi connectivity index (χ3n) is 3.70. The average Bonchev–Trinajstić information content (AvgIpc) is 3.04. The predicted octanol–water partition coefficient (Wildman–Crippen LogP) is 3.64. The highest BCUT2D eigenvalue weighted by Gasteiger charge is 2.18. The van der Waals surface area contributed by atoms with Crippen molar-refractivity contribution in [3.8, 4) is 5.75 Å². The lowest BCUT2D eigenvalue weighted by atomic mass is 10.3. The van der Waals surface area contributed by atoms with Gasteiger partial charge in [-0.15, -0.1) is 0 Å². The van der Waals surface area contributed by atoms with E-state index in [0.717, 1.165) is 16.8 Å². The van der Waals surface area contributed by atoms with Crippen molar-refractivity contribution < 1.29 is 22.3 Å². The van der Waals surface area contributed by atoms with Gasteiger partial charge in [-0.1, -0.05) is 17.4 Å². The molecule has 1 heterocycles. The molecule has 0 aliphatic heterocycles. The first-order valence-corrected chi connectivity index (χ1v) is 10.7. The molecule has 0 spiro atoms. The second-order valence-electron chi connectivity index (χ2n) is 5.63. The number of thiazole rings is 1. The van der Waals surface area contributed by atoms with Gasteiger partial charge in [-0.3, -0.25) is 4.79 Å². The lowest BCUT2D eigenvalue weighted by molar-refractivity contribution is -0.115. The standard InChI is InChI=1S/C18H17FN2O4S2/c1-2-25-14-4-3-5-15-17(14)21-18(26-15)20-16(22)10-11-27(23,24)13-8-6-12(19)7-9-13/h3-9H,2,10-11H2,1H3,(H,20,21,22). The van der Waals surface area contributed by atoms with Crippen molar-refractivity contribution in [1.29, 1.82) is 0 Å². The van der Waals surface area contributed by atoms with E-state index in [4.69, 9.17) is 4.74 Å². The molecule has 3 rings (SSSR count). The molecule has 1 amide bonds. The normalized spacial score (nSPS) is 11.5. The molecule has 0 bridgehead atoms. The van der Waals surface area contributed by atoms with E-state index in [1.165, 1.54) is 23.5 Å². The van der Waals surface area contributed by atoms with Crippen LogP contribution in [0.4, 0.5) is 9.52 Å². The monoisotopic (exact) mass is 408 g/mol. The van der Waals surface area contributed by atoms with Crippen LogP contribution in [0.25, 0.3) is 10.2 Å². The number of sulfone groups is 1. The number of nitrogens with zero attached hydrogens (tertiary/aromatic N) is 1. The summed E-state index contributed by atoms with van der Waals surface area (Å²) in [6.07, 6.45) is -0.228. The molecular weight excluding hydrogens is 391 g/mol. The zero-order valence-corrected chi connectivity index (χ0v) is 16.1. The van der Waals surface area contributed by atoms with Gasteiger partial charge < -0.3 is 10.1 Å². The minimum absolute atomic E-state index is 0.0157. The molecule has 0 radical (unpaired) electrons. The van der Waals surface area contributed by atoms with E-state index in [-0.39, 0.29) is 17.1 Å². The van der Waals surface area contributed by atoms with E-state index in [9.17, 15) is 17.6 Å². The number of aromatic nitrogens is 1. The van der Waals surface area contributed by atoms with Crippen molar-refractivity contribution in [2.24, 2.45) is 0 Å². The zero-order valence-electron chi connectivity index (χ0n) is 14.4. The van der Waals surface area contributed by atoms with Crippen LogP contribution < -0.4 is 10.1 Å². The summed E-state index contributed by atoms with van der Waals surface area (Å²) in [7, 11) is -3.67. The molecule has 0 saturated carbocycles. The zero-order chi connectivity index (χ0) is 19.4. The Morgan fingerprint density at radius 3 is 2.67 bits per heavy atom. The summed E-state index contributed by atoms with van der Waals surface area (Å²) in [6, 6.07) is 10.0. The van der Waals surface area contributed by atoms with Gasteiger partial charge >= 0.3 is 0 Å². The Bertz CT molecular complexity index is 1060. The maximum Gasteiger partial charge on any atom is 0.227 e. The largest absolute Gasteiger partial charge is 0.492 e. The molecule has 0 fully saturated rings. The van der Waals surface area contributed by atoms with E-state index in [1.54, 1.807) is 6.07 Å². The second-order valence-corrected chi connectivity index (χ2v) is 8.77. The average molecular weight is 408 g/mol. The number of amides is 1. The van der Waals surface area contributed by atoms with E-state index >= 15 is 0 Å². The maximum absolute atomic E-state index is 12.9. The van der Waals surface area contributed by atoms with E-state index < -0.39 is 21.6 Å². The number of hydrogen-bond acceptors (Lipinski definition) is 6. The number of anilines is 1. The molecular formula is C18H17FN2O4S2. The number of hydrogen-bond donors (Lipinski definition) is 1. The first-order chi connectivity index (χ1) is 12.9. The Labute approximate surface area is 159 Å². The Hall–Kier alpha value is -2.52. The van der Waals surface area contributed by atoms with Crippen molar-refractivity contribution in [3.05, 3.63) is 48.3 Å². The molecule has 0 unspecified atom stereocenters. The van der Waals surface area contributed by atoms with Crippen molar-refractivity contribution in [1.82, 2.24) is 4.98 Å². The summed E-state index contributed by atoms with van der Waals surface area (Å²) in [4.78, 5) is 16.5. The minimum Gasteiger partial charge on any atom is -0.492 e. The summed E-state index contributed by atoms with van der Waals surface area (Å²) in [5, 5.41) is 3.00. The molecule has 0 saturated heterocycles. The Balaban J connectivity index is 1.66. The predicted molar refractivity (Wildman–Crippen MR) is 102 cm³/mol. The second kappa shape index (κ2) is 8.01. The van der Waals surface area contributed by atoms with E-state index in [1.807, 2.05) is 19.1 Å². The Morgan fingerprint density at radius 2 is 1.96 bits per heavy atom. The fourth-order valence-electron chi connectivity index (χ4n) is 2.42. The number of rotatable bonds is 7.